The van der Waals surface area contributed by atoms with Gasteiger partial charge in [0.1, 0.15) is 0 Å². The van der Waals surface area contributed by atoms with Gasteiger partial charge in [-0.1, -0.05) is 30.7 Å². The molecule has 1 rings (SSSR count). The Balaban J connectivity index is 2.40. The normalized spacial score (nSPS) is 11.4. The van der Waals surface area contributed by atoms with E-state index in [1.54, 1.807) is 6.07 Å². The zero-order chi connectivity index (χ0) is 15.0. The number of carbonyl (C=O) groups is 1. The molecule has 6 heteroatoms. The lowest BCUT2D eigenvalue weighted by molar-refractivity contribution is -0.121. The van der Waals surface area contributed by atoms with Crippen molar-refractivity contribution in [1.82, 2.24) is 5.32 Å². The summed E-state index contributed by atoms with van der Waals surface area (Å²) in [6.07, 6.45) is 0.477. The smallest absolute Gasteiger partial charge is 0.230 e. The van der Waals surface area contributed by atoms with E-state index in [2.05, 4.69) is 5.32 Å². The van der Waals surface area contributed by atoms with Gasteiger partial charge in [0.2, 0.25) is 5.91 Å². The van der Waals surface area contributed by atoms with E-state index in [0.717, 1.165) is 5.56 Å². The molecule has 0 saturated heterocycles. The van der Waals surface area contributed by atoms with Crippen molar-refractivity contribution in [3.05, 3.63) is 34.9 Å². The summed E-state index contributed by atoms with van der Waals surface area (Å²) in [5.74, 6) is 0.765. The van der Waals surface area contributed by atoms with Crippen molar-refractivity contribution >= 4 is 29.3 Å². The third kappa shape index (κ3) is 5.32. The lowest BCUT2D eigenvalue weighted by Crippen LogP contribution is -2.54. The molecule has 0 aliphatic carbocycles. The number of hydrogen-bond acceptors (Lipinski definition) is 4. The van der Waals surface area contributed by atoms with Crippen molar-refractivity contribution in [2.45, 2.75) is 24.6 Å². The number of thioether (sulfide) groups is 1. The molecule has 1 aromatic carbocycles. The van der Waals surface area contributed by atoms with Gasteiger partial charge in [0.15, 0.2) is 0 Å². The summed E-state index contributed by atoms with van der Waals surface area (Å²) >= 11 is 7.35. The van der Waals surface area contributed by atoms with Crippen LogP contribution in [0.15, 0.2) is 24.3 Å². The Bertz CT molecular complexity index is 430. The quantitative estimate of drug-likeness (QED) is 0.684. The summed E-state index contributed by atoms with van der Waals surface area (Å²) in [6, 6.07) is 7.50. The molecule has 0 saturated carbocycles. The monoisotopic (exact) mass is 317 g/mol. The van der Waals surface area contributed by atoms with Crippen molar-refractivity contribution in [3.63, 3.8) is 0 Å². The number of carbonyl (C=O) groups excluding carboxylic acids is 1. The highest BCUT2D eigenvalue weighted by Gasteiger charge is 2.28. The van der Waals surface area contributed by atoms with Gasteiger partial charge in [-0.05, 0) is 24.1 Å². The molecular formula is C14H20ClNO3S. The van der Waals surface area contributed by atoms with Crippen LogP contribution in [0.25, 0.3) is 0 Å². The third-order valence-corrected chi connectivity index (χ3v) is 4.32. The van der Waals surface area contributed by atoms with E-state index in [1.165, 1.54) is 11.8 Å². The molecule has 112 valence electrons. The lowest BCUT2D eigenvalue weighted by atomic mass is 9.99. The maximum atomic E-state index is 11.8. The van der Waals surface area contributed by atoms with Crippen LogP contribution in [-0.4, -0.2) is 40.6 Å². The molecule has 1 aromatic rings. The van der Waals surface area contributed by atoms with Gasteiger partial charge in [-0.3, -0.25) is 4.79 Å². The molecule has 3 N–H and O–H groups in total. The molecule has 0 bridgehead atoms. The van der Waals surface area contributed by atoms with E-state index < -0.39 is 5.54 Å². The average molecular weight is 318 g/mol. The van der Waals surface area contributed by atoms with E-state index in [0.29, 0.717) is 17.2 Å². The van der Waals surface area contributed by atoms with Crippen LogP contribution in [0.1, 0.15) is 18.9 Å². The minimum Gasteiger partial charge on any atom is -0.394 e. The Morgan fingerprint density at radius 1 is 1.40 bits per heavy atom. The predicted octanol–water partition coefficient (Wildman–Crippen LogP) is 1.82. The lowest BCUT2D eigenvalue weighted by Gasteiger charge is -2.29. The Morgan fingerprint density at radius 3 is 2.65 bits per heavy atom. The first-order chi connectivity index (χ1) is 9.55. The van der Waals surface area contributed by atoms with Crippen molar-refractivity contribution in [3.8, 4) is 0 Å². The minimum atomic E-state index is -0.923. The van der Waals surface area contributed by atoms with E-state index in [4.69, 9.17) is 11.6 Å². The number of halogens is 1. The molecule has 0 unspecified atom stereocenters. The van der Waals surface area contributed by atoms with Crippen molar-refractivity contribution in [2.75, 3.05) is 19.0 Å². The fourth-order valence-electron chi connectivity index (χ4n) is 1.66. The average Bonchev–Trinajstić information content (AvgIpc) is 2.45. The van der Waals surface area contributed by atoms with Crippen LogP contribution in [0.2, 0.25) is 5.02 Å². The summed E-state index contributed by atoms with van der Waals surface area (Å²) in [4.78, 5) is 11.8. The largest absolute Gasteiger partial charge is 0.394 e. The summed E-state index contributed by atoms with van der Waals surface area (Å²) in [5, 5.41) is 21.9. The number of rotatable bonds is 8. The van der Waals surface area contributed by atoms with Crippen LogP contribution in [0.3, 0.4) is 0 Å². The maximum Gasteiger partial charge on any atom is 0.230 e. The Hall–Kier alpha value is -0.750. The Labute approximate surface area is 128 Å². The number of amides is 1. The van der Waals surface area contributed by atoms with Crippen LogP contribution in [0, 0.1) is 0 Å². The first kappa shape index (κ1) is 17.3. The molecule has 0 spiro atoms. The maximum absolute atomic E-state index is 11.8. The van der Waals surface area contributed by atoms with Crippen LogP contribution in [0.5, 0.6) is 0 Å². The van der Waals surface area contributed by atoms with E-state index in [-0.39, 0.29) is 24.9 Å². The van der Waals surface area contributed by atoms with Gasteiger partial charge >= 0.3 is 0 Å². The highest BCUT2D eigenvalue weighted by molar-refractivity contribution is 7.99. The zero-order valence-corrected chi connectivity index (χ0v) is 13.0. The molecular weight excluding hydrogens is 298 g/mol. The second kappa shape index (κ2) is 8.52. The molecule has 20 heavy (non-hydrogen) atoms. The topological polar surface area (TPSA) is 69.6 Å². The standard InChI is InChI=1S/C14H20ClNO3S/c1-2-14(9-17,10-18)16-13(19)8-20-7-11-4-3-5-12(15)6-11/h3-6,17-18H,2,7-10H2,1H3,(H,16,19). The van der Waals surface area contributed by atoms with E-state index in [1.807, 2.05) is 25.1 Å². The molecule has 4 nitrogen and oxygen atoms in total. The fourth-order valence-corrected chi connectivity index (χ4v) is 2.65. The first-order valence-electron chi connectivity index (χ1n) is 6.40. The van der Waals surface area contributed by atoms with Gasteiger partial charge in [0.25, 0.3) is 0 Å². The van der Waals surface area contributed by atoms with Crippen LogP contribution < -0.4 is 5.32 Å². The van der Waals surface area contributed by atoms with E-state index >= 15 is 0 Å². The summed E-state index contributed by atoms with van der Waals surface area (Å²) in [5.41, 5.74) is 0.134. The minimum absolute atomic E-state index is 0.193. The number of aliphatic hydroxyl groups excluding tert-OH is 2. The Morgan fingerprint density at radius 2 is 2.10 bits per heavy atom. The SMILES string of the molecule is CCC(CO)(CO)NC(=O)CSCc1cccc(Cl)c1. The highest BCUT2D eigenvalue weighted by Crippen LogP contribution is 2.17. The second-order valence-corrected chi connectivity index (χ2v) is 6.04. The summed E-state index contributed by atoms with van der Waals surface area (Å²) < 4.78 is 0. The van der Waals surface area contributed by atoms with Crippen LogP contribution in [-0.2, 0) is 10.5 Å². The van der Waals surface area contributed by atoms with Gasteiger partial charge in [-0.25, -0.2) is 0 Å². The van der Waals surface area contributed by atoms with Crippen LogP contribution in [0.4, 0.5) is 0 Å². The number of nitrogens with one attached hydrogen (secondary N) is 1. The molecule has 0 atom stereocenters. The Kier molecular flexibility index (Phi) is 7.37. The summed E-state index contributed by atoms with van der Waals surface area (Å²) in [7, 11) is 0. The van der Waals surface area contributed by atoms with Gasteiger partial charge in [0.05, 0.1) is 24.5 Å². The molecule has 0 heterocycles. The number of hydrogen-bond donors (Lipinski definition) is 3. The van der Waals surface area contributed by atoms with Crippen molar-refractivity contribution < 1.29 is 15.0 Å². The van der Waals surface area contributed by atoms with Crippen LogP contribution >= 0.6 is 23.4 Å². The predicted molar refractivity (Wildman–Crippen MR) is 83.0 cm³/mol. The second-order valence-electron chi connectivity index (χ2n) is 4.62. The fraction of sp³-hybridized carbons (Fsp3) is 0.500. The summed E-state index contributed by atoms with van der Waals surface area (Å²) in [6.45, 7) is 1.27. The van der Waals surface area contributed by atoms with Crippen molar-refractivity contribution in [1.29, 1.82) is 0 Å². The highest BCUT2D eigenvalue weighted by atomic mass is 35.5. The third-order valence-electron chi connectivity index (χ3n) is 3.08. The van der Waals surface area contributed by atoms with E-state index in [9.17, 15) is 15.0 Å². The van der Waals surface area contributed by atoms with Crippen molar-refractivity contribution in [2.24, 2.45) is 0 Å². The first-order valence-corrected chi connectivity index (χ1v) is 7.93. The molecule has 1 amide bonds. The number of benzene rings is 1. The molecule has 0 aromatic heterocycles. The van der Waals surface area contributed by atoms with Gasteiger partial charge in [0, 0.05) is 10.8 Å². The molecule has 0 aliphatic heterocycles. The number of aliphatic hydroxyl groups is 2. The molecule has 0 fully saturated rings. The van der Waals surface area contributed by atoms with Gasteiger partial charge in [-0.2, -0.15) is 0 Å². The van der Waals surface area contributed by atoms with Gasteiger partial charge in [-0.15, -0.1) is 11.8 Å². The zero-order valence-electron chi connectivity index (χ0n) is 11.4. The van der Waals surface area contributed by atoms with Gasteiger partial charge < -0.3 is 15.5 Å². The molecule has 0 aliphatic rings. The molecule has 0 radical (unpaired) electrons.